The highest BCUT2D eigenvalue weighted by Gasteiger charge is 2.41. The fourth-order valence-electron chi connectivity index (χ4n) is 19.4. The van der Waals surface area contributed by atoms with Crippen LogP contribution in [0.1, 0.15) is 126 Å². The van der Waals surface area contributed by atoms with Crippen molar-refractivity contribution in [1.29, 1.82) is 0 Å². The third-order valence-corrected chi connectivity index (χ3v) is 24.9. The number of benzene rings is 11. The van der Waals surface area contributed by atoms with Crippen LogP contribution in [0.3, 0.4) is 0 Å². The molecule has 19 aromatic rings. The number of pyridine rings is 4. The molecule has 574 valence electrons. The number of hydrogen-bond donors (Lipinski definition) is 0. The van der Waals surface area contributed by atoms with Gasteiger partial charge in [0.2, 0.25) is 0 Å². The summed E-state index contributed by atoms with van der Waals surface area (Å²) in [7, 11) is 8.62. The van der Waals surface area contributed by atoms with E-state index in [4.69, 9.17) is 0 Å². The molecule has 0 atom stereocenters. The number of aromatic nitrogens is 8. The Morgan fingerprint density at radius 3 is 1.04 bits per heavy atom. The Bertz CT molecular complexity index is 7090. The number of hydrogen-bond acceptors (Lipinski definition) is 0. The van der Waals surface area contributed by atoms with E-state index in [1.54, 1.807) is 0 Å². The second-order valence-electron chi connectivity index (χ2n) is 33.7. The van der Waals surface area contributed by atoms with E-state index in [0.717, 1.165) is 0 Å². The zero-order chi connectivity index (χ0) is 81.0. The van der Waals surface area contributed by atoms with Crippen molar-refractivity contribution in [2.45, 2.75) is 121 Å². The van der Waals surface area contributed by atoms with Gasteiger partial charge in [-0.05, 0) is 243 Å². The monoisotopic (exact) mass is 1510 g/mol. The number of nitrogens with zero attached hydrogens (tertiary/aromatic N) is 8. The Labute approximate surface area is 683 Å². The first-order valence-electron chi connectivity index (χ1n) is 41.2. The van der Waals surface area contributed by atoms with Crippen LogP contribution in [0.15, 0.2) is 286 Å². The molecule has 8 nitrogen and oxygen atoms in total. The molecule has 0 fully saturated rings. The predicted molar refractivity (Wildman–Crippen MR) is 487 cm³/mol. The lowest BCUT2D eigenvalue weighted by molar-refractivity contribution is -0.666. The summed E-state index contributed by atoms with van der Waals surface area (Å²) in [5, 5.41) is 10.5. The lowest BCUT2D eigenvalue weighted by Crippen LogP contribution is -2.40. The van der Waals surface area contributed by atoms with Gasteiger partial charge in [-0.1, -0.05) is 193 Å². The molecule has 0 radical (unpaired) electrons. The summed E-state index contributed by atoms with van der Waals surface area (Å²) in [6.45, 7) is 33.7. The zero-order valence-electron chi connectivity index (χ0n) is 70.9. The van der Waals surface area contributed by atoms with E-state index in [0.29, 0.717) is 11.8 Å². The fraction of sp³-hybridized carbons (Fsp3) is 0.204. The molecule has 0 bridgehead atoms. The maximum absolute atomic E-state index is 2.48. The standard InChI is InChI=1S/C31H33N2.C28H27N2.C27H25N2.C22H21N2/c1-20(2)24-13-10-14-25(21(3)4)30(24)23-17-18-29(32(6)19-23)33-28-16-8-7-12-26(28)27-15-9-11-22(5)31(27)33;1-18-10-8-11-19(2)27(18)24-17-29(5)26(16-21(24)4)30-25-15-7-6-13-22(25)23-14-9-12-20(3)28(23)30;1-18-9-7-10-19(2)26(18)21-15-16-25(28(4)17-21)29-24-14-6-5-12-22(24)23-13-8-11-20(3)27(23)29;1-14-8-5-9-15-16-10-6-11-17-20(16)24(19(14)15)21-18(22(17,2)3)12-7-13-23(21)4/h7-21H,1-6H3;6-17H,1-5H3;5-17H,1-4H3;5-13H,1-4H3/q4*+1. The smallest absolute Gasteiger partial charge is 0.236 e. The topological polar surface area (TPSA) is 35.2 Å². The van der Waals surface area contributed by atoms with Crippen LogP contribution in [0.25, 0.3) is 144 Å². The number of fused-ring (bicyclic) bond motifs is 14. The van der Waals surface area contributed by atoms with Gasteiger partial charge in [0.15, 0.2) is 0 Å². The van der Waals surface area contributed by atoms with Crippen LogP contribution in [-0.2, 0) is 33.6 Å². The molecule has 0 aliphatic carbocycles. The largest absolute Gasteiger partial charge is 0.290 e. The van der Waals surface area contributed by atoms with Crippen LogP contribution in [0, 0.1) is 62.3 Å². The van der Waals surface area contributed by atoms with Gasteiger partial charge in [0.1, 0.15) is 44.1 Å². The molecule has 116 heavy (non-hydrogen) atoms. The third-order valence-electron chi connectivity index (χ3n) is 24.9. The Morgan fingerprint density at radius 1 is 0.267 bits per heavy atom. The van der Waals surface area contributed by atoms with Crippen LogP contribution in [0.2, 0.25) is 0 Å². The lowest BCUT2D eigenvalue weighted by Gasteiger charge is -2.30. The molecular weight excluding hydrogens is 1410 g/mol. The molecule has 0 N–H and O–H groups in total. The zero-order valence-corrected chi connectivity index (χ0v) is 70.9. The third kappa shape index (κ3) is 12.6. The van der Waals surface area contributed by atoms with Crippen LogP contribution >= 0.6 is 0 Å². The van der Waals surface area contributed by atoms with E-state index >= 15 is 0 Å². The van der Waals surface area contributed by atoms with Crippen molar-refractivity contribution in [3.8, 4) is 56.7 Å². The minimum Gasteiger partial charge on any atom is -0.236 e. The van der Waals surface area contributed by atoms with E-state index in [1.165, 1.54) is 216 Å². The van der Waals surface area contributed by atoms with E-state index in [9.17, 15) is 0 Å². The molecule has 20 rings (SSSR count). The highest BCUT2D eigenvalue weighted by atomic mass is 15.2. The number of para-hydroxylation sites is 8. The van der Waals surface area contributed by atoms with Gasteiger partial charge in [-0.25, -0.2) is 18.3 Å². The first kappa shape index (κ1) is 75.9. The van der Waals surface area contributed by atoms with E-state index in [-0.39, 0.29) is 5.41 Å². The molecule has 0 amide bonds. The molecule has 1 aliphatic rings. The summed E-state index contributed by atoms with van der Waals surface area (Å²) in [6, 6.07) is 95.0. The van der Waals surface area contributed by atoms with Gasteiger partial charge in [-0.3, -0.25) is 0 Å². The number of rotatable bonds is 8. The number of aryl methyl sites for hydroxylation is 13. The molecular formula is C108H106N8+4. The summed E-state index contributed by atoms with van der Waals surface area (Å²) in [4.78, 5) is 0. The van der Waals surface area contributed by atoms with Crippen LogP contribution < -0.4 is 18.3 Å². The van der Waals surface area contributed by atoms with Crippen molar-refractivity contribution >= 4 is 87.2 Å². The average molecular weight is 1520 g/mol. The van der Waals surface area contributed by atoms with Gasteiger partial charge in [0.25, 0.3) is 23.3 Å². The van der Waals surface area contributed by atoms with Crippen molar-refractivity contribution in [1.82, 2.24) is 18.3 Å². The van der Waals surface area contributed by atoms with Crippen molar-refractivity contribution in [3.63, 3.8) is 0 Å². The molecule has 0 saturated carbocycles. The van der Waals surface area contributed by atoms with E-state index in [1.807, 2.05) is 0 Å². The Kier molecular flexibility index (Phi) is 19.5. The molecule has 8 aromatic heterocycles. The maximum atomic E-state index is 2.48. The van der Waals surface area contributed by atoms with Crippen molar-refractivity contribution in [2.24, 2.45) is 28.2 Å². The van der Waals surface area contributed by atoms with Gasteiger partial charge in [0.05, 0.1) is 58.5 Å². The highest BCUT2D eigenvalue weighted by molar-refractivity contribution is 6.14. The minimum atomic E-state index is -0.00779. The average Bonchev–Trinajstić information content (AvgIpc) is 1.51. The van der Waals surface area contributed by atoms with E-state index < -0.39 is 0 Å². The lowest BCUT2D eigenvalue weighted by atomic mass is 9.75. The first-order chi connectivity index (χ1) is 55.9. The van der Waals surface area contributed by atoms with E-state index in [2.05, 4.69) is 454 Å². The SMILES string of the molecule is Cc1cc(-n2c3ccccc3c3cccc(C)c32)[n+](C)cc1-c1c(C)cccc1C.Cc1cccc(C)c1-c1ccc(-n2c3ccccc3c3cccc(C)c32)[n+](C)c1.Cc1cccc2c3cccc4c3n(c12)-c1c(ccc[n+]1C)C4(C)C.Cc1cccc2c3ccccc3n(-c3ccc(-c4c(C(C)C)cccc4C(C)C)c[n+]3C)c12. The summed E-state index contributed by atoms with van der Waals surface area (Å²) in [5.41, 5.74) is 35.5. The normalized spacial score (nSPS) is 12.3. The molecule has 0 saturated heterocycles. The van der Waals surface area contributed by atoms with Gasteiger partial charge >= 0.3 is 0 Å². The molecule has 11 aromatic carbocycles. The van der Waals surface area contributed by atoms with Crippen molar-refractivity contribution in [2.75, 3.05) is 0 Å². The Hall–Kier alpha value is -12.8. The Balaban J connectivity index is 0.000000112. The molecule has 1 aliphatic heterocycles. The predicted octanol–water partition coefficient (Wildman–Crippen LogP) is 25.1. The molecule has 0 unspecified atom stereocenters. The maximum Gasteiger partial charge on any atom is 0.290 e. The first-order valence-corrected chi connectivity index (χ1v) is 41.2. The fourth-order valence-corrected chi connectivity index (χ4v) is 19.4. The summed E-state index contributed by atoms with van der Waals surface area (Å²) >= 11 is 0. The second kappa shape index (κ2) is 29.9. The minimum absolute atomic E-state index is 0.00779. The van der Waals surface area contributed by atoms with Crippen molar-refractivity contribution in [3.05, 3.63) is 358 Å². The molecule has 8 heteroatoms. The molecule has 9 heterocycles. The van der Waals surface area contributed by atoms with Gasteiger partial charge in [0, 0.05) is 89.0 Å². The van der Waals surface area contributed by atoms with Crippen LogP contribution in [-0.4, -0.2) is 18.3 Å². The van der Waals surface area contributed by atoms with Gasteiger partial charge in [-0.2, -0.15) is 18.3 Å². The summed E-state index contributed by atoms with van der Waals surface area (Å²) in [5.74, 6) is 5.76. The van der Waals surface area contributed by atoms with Crippen molar-refractivity contribution < 1.29 is 18.3 Å². The molecule has 0 spiro atoms. The summed E-state index contributed by atoms with van der Waals surface area (Å²) in [6.07, 6.45) is 9.00. The summed E-state index contributed by atoms with van der Waals surface area (Å²) < 4.78 is 18.8. The van der Waals surface area contributed by atoms with Gasteiger partial charge in [-0.15, -0.1) is 0 Å². The van der Waals surface area contributed by atoms with Crippen LogP contribution in [0.5, 0.6) is 0 Å². The van der Waals surface area contributed by atoms with Gasteiger partial charge < -0.3 is 0 Å². The van der Waals surface area contributed by atoms with Crippen LogP contribution in [0.4, 0.5) is 0 Å². The highest BCUT2D eigenvalue weighted by Crippen LogP contribution is 2.48. The second-order valence-corrected chi connectivity index (χ2v) is 33.7. The quantitative estimate of drug-likeness (QED) is 0.136. The Morgan fingerprint density at radius 2 is 0.603 bits per heavy atom.